The lowest BCUT2D eigenvalue weighted by Crippen LogP contribution is -2.38. The van der Waals surface area contributed by atoms with Crippen molar-refractivity contribution in [2.45, 2.75) is 181 Å². The Hall–Kier alpha value is -11.2. The molecule has 2 unspecified atom stereocenters. The maximum atomic E-state index is 13.6. The van der Waals surface area contributed by atoms with Crippen molar-refractivity contribution in [2.24, 2.45) is 35.5 Å². The molecule has 4 aliphatic carbocycles. The molecule has 25 heteroatoms. The van der Waals surface area contributed by atoms with E-state index in [1.54, 1.807) is 36.4 Å². The quantitative estimate of drug-likeness (QED) is 0.0235. The van der Waals surface area contributed by atoms with Gasteiger partial charge >= 0.3 is 30.3 Å². The molecule has 19 nitrogen and oxygen atoms in total. The average Bonchev–Trinajstić information content (AvgIpc) is 0.858. The molecule has 3 amide bonds. The summed E-state index contributed by atoms with van der Waals surface area (Å²) in [5.41, 5.74) is 12.3. The Balaban J connectivity index is 0.000000211. The van der Waals surface area contributed by atoms with Crippen LogP contribution in [0, 0.1) is 35.5 Å². The number of aliphatic carboxylic acids is 2. The second-order valence-electron chi connectivity index (χ2n) is 31.7. The lowest BCUT2D eigenvalue weighted by atomic mass is 9.71. The molecule has 2 aromatic heterocycles. The Morgan fingerprint density at radius 1 is 0.487 bits per heavy atom. The van der Waals surface area contributed by atoms with Crippen molar-refractivity contribution in [1.82, 2.24) is 29.7 Å². The van der Waals surface area contributed by atoms with Gasteiger partial charge in [-0.3, -0.25) is 28.8 Å². The van der Waals surface area contributed by atoms with E-state index < -0.39 is 78.2 Å². The van der Waals surface area contributed by atoms with E-state index in [0.717, 1.165) is 101 Å². The van der Waals surface area contributed by atoms with Gasteiger partial charge in [-0.25, -0.2) is 19.9 Å². The number of ether oxygens (including phenoxy) is 3. The fourth-order valence-corrected chi connectivity index (χ4v) is 16.0. The number of rotatable bonds is 25. The zero-order chi connectivity index (χ0) is 84.1. The second kappa shape index (κ2) is 40.6. The van der Waals surface area contributed by atoms with E-state index in [0.29, 0.717) is 28.5 Å². The molecule has 0 saturated heterocycles. The number of hydrogen-bond acceptors (Lipinski definition) is 14. The molecule has 6 aromatic carbocycles. The number of halogens is 6. The van der Waals surface area contributed by atoms with Crippen molar-refractivity contribution in [3.63, 3.8) is 0 Å². The number of nitrogens with zero attached hydrogens (tertiary/aromatic N) is 6. The van der Waals surface area contributed by atoms with Crippen LogP contribution >= 0.6 is 0 Å². The molecule has 5 N–H and O–H groups in total. The van der Waals surface area contributed by atoms with Gasteiger partial charge in [0.25, 0.3) is 11.8 Å². The summed E-state index contributed by atoms with van der Waals surface area (Å²) >= 11 is 0. The Morgan fingerprint density at radius 2 is 0.889 bits per heavy atom. The molecule has 2 saturated carbocycles. The third-order valence-corrected chi connectivity index (χ3v) is 22.5. The number of methoxy groups -OCH3 is 2. The highest BCUT2D eigenvalue weighted by Crippen LogP contribution is 2.45. The van der Waals surface area contributed by atoms with Crippen LogP contribution in [0.2, 0.25) is 0 Å². The number of benzene rings is 6. The Morgan fingerprint density at radius 3 is 1.25 bits per heavy atom. The number of allylic oxidation sites excluding steroid dienone is 4. The van der Waals surface area contributed by atoms with Crippen LogP contribution in [0.15, 0.2) is 170 Å². The molecule has 0 aliphatic heterocycles. The molecule has 0 bridgehead atoms. The highest BCUT2D eigenvalue weighted by atomic mass is 19.4. The normalized spacial score (nSPS) is 18.2. The van der Waals surface area contributed by atoms with E-state index in [2.05, 4.69) is 46.0 Å². The summed E-state index contributed by atoms with van der Waals surface area (Å²) < 4.78 is 93.5. The van der Waals surface area contributed by atoms with Gasteiger partial charge in [0.1, 0.15) is 30.2 Å². The molecule has 8 aromatic rings. The minimum atomic E-state index is -4.68. The maximum absolute atomic E-state index is 13.6. The Kier molecular flexibility index (Phi) is 30.6. The van der Waals surface area contributed by atoms with Crippen LogP contribution in [0.25, 0.3) is 33.9 Å². The monoisotopic (exact) mass is 1610 g/mol. The topological polar surface area (TPSA) is 267 Å². The van der Waals surface area contributed by atoms with Gasteiger partial charge in [0, 0.05) is 82.6 Å². The minimum Gasteiger partial charge on any atom is -0.497 e. The lowest BCUT2D eigenvalue weighted by molar-refractivity contribution is -0.155. The summed E-state index contributed by atoms with van der Waals surface area (Å²) in [6.45, 7) is 9.62. The highest BCUT2D eigenvalue weighted by molar-refractivity contribution is 5.98. The maximum Gasteiger partial charge on any atom is 0.416 e. The molecule has 2 atom stereocenters. The number of anilines is 2. The van der Waals surface area contributed by atoms with Gasteiger partial charge in [-0.2, -0.15) is 26.3 Å². The SMILES string of the molecule is CCC1CCC(C2CC=C(c3cnc(-c4ccc(CN(CC(=O)O)C(=O)c5ccc(NC(=O)Cc6ccc(OC)cc6C(F)(F)F)cc5)cc4)nc3)CC2)CC1.CCC1CCC(C2CC=C(c3cnc(-c4ccc(CN(CC(=O)OC(C)(C)C)C(=O)c5ccc(N)cc5)cc4)nc3)CC2)CC1.COc1ccc(CC(=O)O)c(C(F)(F)F)c1. The van der Waals surface area contributed by atoms with E-state index in [9.17, 15) is 60.2 Å². The second-order valence-corrected chi connectivity index (χ2v) is 31.7. The summed E-state index contributed by atoms with van der Waals surface area (Å²) in [5.74, 6) is 2.04. The molecule has 117 heavy (non-hydrogen) atoms. The molecule has 2 fully saturated rings. The van der Waals surface area contributed by atoms with Gasteiger partial charge in [0.2, 0.25) is 5.91 Å². The molecule has 0 spiro atoms. The van der Waals surface area contributed by atoms with Crippen molar-refractivity contribution in [3.8, 4) is 34.3 Å². The van der Waals surface area contributed by atoms with E-state index >= 15 is 0 Å². The first-order valence-corrected chi connectivity index (χ1v) is 40.0. The van der Waals surface area contributed by atoms with E-state index in [1.165, 1.54) is 161 Å². The number of carbonyl (C=O) groups is 6. The first-order valence-electron chi connectivity index (χ1n) is 40.0. The number of alkyl halides is 6. The van der Waals surface area contributed by atoms with E-state index in [4.69, 9.17) is 30.3 Å². The Bertz CT molecular complexity index is 4750. The fraction of sp³-hybridized carbons (Fsp3) is 0.413. The number of carboxylic acid groups (broad SMARTS) is 2. The number of esters is 1. The molecule has 620 valence electrons. The van der Waals surface area contributed by atoms with Gasteiger partial charge in [0.05, 0.1) is 38.2 Å². The standard InChI is InChI=1S/C44H47F3N4O5.C38H48N4O3.C10H9F3O3/c1-3-28-4-8-30(9-5-28)31-12-14-32(15-13-31)36-24-48-42(49-25-36)33-10-6-29(7-11-33)26-51(27-41(53)54)43(55)34-16-19-37(20-17-34)50-40(52)22-35-18-21-38(56-2)23-39(35)44(45,46)47;1-5-26-6-10-28(11-7-26)29-14-16-30(17-15-29)33-22-40-36(41-23-33)31-12-8-27(9-13-31)24-42(25-35(43)45-38(2,3)4)37(44)32-18-20-34(39)21-19-32;1-16-7-3-2-6(4-9(14)15)8(5-7)10(11,12)13/h6-7,10-11,14,16-21,23-25,28,30-31H,3-5,8-9,12-13,15,22,26-27H2,1-2H3,(H,50,52)(H,53,54);8-9,12-13,16,18-23,26,28-29H,5-7,10-11,14-15,17,24-25,39H2,1-4H3;2-3,5H,4H2,1H3,(H,14,15). The molecule has 2 heterocycles. The van der Waals surface area contributed by atoms with Crippen LogP contribution in [0.1, 0.15) is 203 Å². The number of nitrogens with two attached hydrogens (primary N) is 1. The number of amides is 3. The van der Waals surface area contributed by atoms with E-state index in [-0.39, 0.29) is 59.4 Å². The van der Waals surface area contributed by atoms with E-state index in [1.807, 2.05) is 82.0 Å². The highest BCUT2D eigenvalue weighted by Gasteiger charge is 2.37. The first kappa shape index (κ1) is 88.1. The lowest BCUT2D eigenvalue weighted by Gasteiger charge is -2.35. The van der Waals surface area contributed by atoms with Crippen LogP contribution in [-0.4, -0.2) is 108 Å². The van der Waals surface area contributed by atoms with Crippen LogP contribution in [0.5, 0.6) is 11.5 Å². The Labute approximate surface area is 679 Å². The number of aromatic nitrogens is 4. The van der Waals surface area contributed by atoms with Crippen molar-refractivity contribution >= 4 is 58.2 Å². The van der Waals surface area contributed by atoms with Crippen molar-refractivity contribution in [3.05, 3.63) is 226 Å². The average molecular weight is 1610 g/mol. The van der Waals surface area contributed by atoms with Crippen molar-refractivity contribution in [1.29, 1.82) is 0 Å². The number of carboxylic acids is 2. The van der Waals surface area contributed by atoms with Gasteiger partial charge < -0.3 is 45.3 Å². The van der Waals surface area contributed by atoms with Gasteiger partial charge in [-0.05, 0) is 227 Å². The predicted molar refractivity (Wildman–Crippen MR) is 437 cm³/mol. The molecule has 12 rings (SSSR count). The fourth-order valence-electron chi connectivity index (χ4n) is 16.0. The van der Waals surface area contributed by atoms with Crippen LogP contribution < -0.4 is 20.5 Å². The number of nitrogens with one attached hydrogen (secondary N) is 1. The number of carbonyl (C=O) groups excluding carboxylic acids is 4. The van der Waals surface area contributed by atoms with Gasteiger partial charge in [-0.1, -0.05) is 125 Å². The van der Waals surface area contributed by atoms with Gasteiger partial charge in [-0.15, -0.1) is 0 Å². The molecule has 0 radical (unpaired) electrons. The van der Waals surface area contributed by atoms with Crippen molar-refractivity contribution < 1.29 is 79.5 Å². The zero-order valence-corrected chi connectivity index (χ0v) is 67.3. The molecule has 4 aliphatic rings. The summed E-state index contributed by atoms with van der Waals surface area (Å²) in [7, 11) is 2.50. The first-order chi connectivity index (χ1) is 55.8. The largest absolute Gasteiger partial charge is 0.497 e. The predicted octanol–water partition coefficient (Wildman–Crippen LogP) is 19.9. The zero-order valence-electron chi connectivity index (χ0n) is 67.3. The number of hydrogen-bond donors (Lipinski definition) is 4. The molecular weight excluding hydrogens is 1510 g/mol. The summed E-state index contributed by atoms with van der Waals surface area (Å²) in [5, 5.41) is 20.6. The van der Waals surface area contributed by atoms with Gasteiger partial charge in [0.15, 0.2) is 11.6 Å². The third kappa shape index (κ3) is 25.6. The van der Waals surface area contributed by atoms with Crippen LogP contribution in [0.4, 0.5) is 37.7 Å². The summed E-state index contributed by atoms with van der Waals surface area (Å²) in [6.07, 6.45) is 22.7. The third-order valence-electron chi connectivity index (χ3n) is 22.5. The number of nitrogen functional groups attached to an aromatic ring is 1. The van der Waals surface area contributed by atoms with Crippen LogP contribution in [0.3, 0.4) is 0 Å². The summed E-state index contributed by atoms with van der Waals surface area (Å²) in [4.78, 5) is 95.7. The smallest absolute Gasteiger partial charge is 0.416 e. The van der Waals surface area contributed by atoms with Crippen LogP contribution in [-0.2, 0) is 62.2 Å². The van der Waals surface area contributed by atoms with Crippen molar-refractivity contribution in [2.75, 3.05) is 38.4 Å². The summed E-state index contributed by atoms with van der Waals surface area (Å²) in [6, 6.07) is 34.1. The molecular formula is C92H104F6N8O11. The minimum absolute atomic E-state index is 0.0162.